The number of rotatable bonds is 14. The van der Waals surface area contributed by atoms with Crippen LogP contribution in [0, 0.1) is 17.8 Å². The van der Waals surface area contributed by atoms with E-state index in [9.17, 15) is 48.3 Å². The van der Waals surface area contributed by atoms with E-state index in [0.717, 1.165) is 21.6 Å². The molecule has 1 aliphatic heterocycles. The molecule has 0 bridgehead atoms. The maximum Gasteiger partial charge on any atom is 0.333 e. The number of ether oxygens (including phenoxy) is 4. The lowest BCUT2D eigenvalue weighted by molar-refractivity contribution is -0.177. The first-order valence-corrected chi connectivity index (χ1v) is 23.6. The fourth-order valence-electron chi connectivity index (χ4n) is 7.47. The highest BCUT2D eigenvalue weighted by molar-refractivity contribution is 6.01. The summed E-state index contributed by atoms with van der Waals surface area (Å²) in [5, 5.41) is 21.0. The summed E-state index contributed by atoms with van der Waals surface area (Å²) in [5.74, 6) is -11.8. The number of benzene rings is 1. The summed E-state index contributed by atoms with van der Waals surface area (Å²) in [5.41, 5.74) is 0.0576. The van der Waals surface area contributed by atoms with Crippen molar-refractivity contribution in [1.82, 2.24) is 36.0 Å². The van der Waals surface area contributed by atoms with Crippen molar-refractivity contribution in [3.63, 3.8) is 0 Å². The summed E-state index contributed by atoms with van der Waals surface area (Å²) in [6, 6.07) is -1.31. The number of nitrogens with zero attached hydrogens (tertiary/aromatic N) is 3. The smallest absolute Gasteiger partial charge is 0.333 e. The molecule has 7 amide bonds. The lowest BCUT2D eigenvalue weighted by Gasteiger charge is -2.39. The van der Waals surface area contributed by atoms with Gasteiger partial charge in [0.15, 0.2) is 24.2 Å². The Labute approximate surface area is 416 Å². The normalized spacial score (nSPS) is 24.7. The molecule has 1 fully saturated rings. The highest BCUT2D eigenvalue weighted by Crippen LogP contribution is 2.23. The van der Waals surface area contributed by atoms with Gasteiger partial charge in [-0.15, -0.1) is 0 Å². The number of aliphatic hydroxyl groups excluding tert-OH is 1. The molecule has 1 aliphatic rings. The molecule has 0 radical (unpaired) electrons. The molecular formula is C49H75N7O15. The van der Waals surface area contributed by atoms with Crippen LogP contribution >= 0.6 is 0 Å². The zero-order valence-electron chi connectivity index (χ0n) is 43.6. The third kappa shape index (κ3) is 16.3. The van der Waals surface area contributed by atoms with Gasteiger partial charge in [-0.05, 0) is 44.1 Å². The number of esters is 3. The monoisotopic (exact) mass is 1000 g/mol. The Morgan fingerprint density at radius 3 is 1.93 bits per heavy atom. The van der Waals surface area contributed by atoms with E-state index in [1.807, 2.05) is 0 Å². The Balaban J connectivity index is 2.97. The summed E-state index contributed by atoms with van der Waals surface area (Å²) in [6.45, 7) is 19.9. The molecule has 22 heteroatoms. The predicted octanol–water partition coefficient (Wildman–Crippen LogP) is 0.377. The van der Waals surface area contributed by atoms with Gasteiger partial charge in [0.2, 0.25) is 29.5 Å². The van der Waals surface area contributed by atoms with Crippen molar-refractivity contribution in [2.45, 2.75) is 156 Å². The summed E-state index contributed by atoms with van der Waals surface area (Å²) >= 11 is 0. The fraction of sp³-hybridized carbons (Fsp3) is 0.633. The van der Waals surface area contributed by atoms with Gasteiger partial charge in [0.05, 0.1) is 12.2 Å². The maximum atomic E-state index is 15.1. The summed E-state index contributed by atoms with van der Waals surface area (Å²) in [4.78, 5) is 142. The number of hydrogen-bond donors (Lipinski definition) is 5. The maximum absolute atomic E-state index is 15.1. The van der Waals surface area contributed by atoms with Gasteiger partial charge in [0, 0.05) is 48.0 Å². The summed E-state index contributed by atoms with van der Waals surface area (Å²) < 4.78 is 23.4. The first-order valence-electron chi connectivity index (χ1n) is 23.6. The molecule has 1 aromatic rings. The average Bonchev–Trinajstić information content (AvgIpc) is 3.32. The molecule has 2 rings (SSSR count). The number of aliphatic hydroxyl groups is 1. The van der Waals surface area contributed by atoms with Crippen molar-refractivity contribution in [3.8, 4) is 0 Å². The number of nitrogens with one attached hydrogen (secondary N) is 4. The number of likely N-dealkylation sites (N-methyl/N-ethyl adjacent to an activating group) is 3. The second kappa shape index (κ2) is 27.3. The largest absolute Gasteiger partial charge is 0.458 e. The van der Waals surface area contributed by atoms with E-state index in [0.29, 0.717) is 5.56 Å². The first-order chi connectivity index (χ1) is 33.0. The van der Waals surface area contributed by atoms with Crippen LogP contribution in [-0.4, -0.2) is 174 Å². The van der Waals surface area contributed by atoms with Crippen LogP contribution in [0.3, 0.4) is 0 Å². The highest BCUT2D eigenvalue weighted by Gasteiger charge is 2.47. The molecule has 1 heterocycles. The van der Waals surface area contributed by atoms with Gasteiger partial charge >= 0.3 is 17.9 Å². The van der Waals surface area contributed by atoms with Crippen LogP contribution in [0.2, 0.25) is 0 Å². The number of methoxy groups -OCH3 is 1. The number of cyclic esters (lactones) is 2. The molecule has 1 aromatic carbocycles. The fourth-order valence-corrected chi connectivity index (χ4v) is 7.47. The topological polar surface area (TPSA) is 286 Å². The third-order valence-corrected chi connectivity index (χ3v) is 12.2. The van der Waals surface area contributed by atoms with E-state index >= 15 is 4.79 Å². The van der Waals surface area contributed by atoms with Crippen molar-refractivity contribution < 1.29 is 72.0 Å². The van der Waals surface area contributed by atoms with Gasteiger partial charge in [-0.1, -0.05) is 85.4 Å². The molecule has 1 saturated heterocycles. The minimum Gasteiger partial charge on any atom is -0.458 e. The van der Waals surface area contributed by atoms with Crippen molar-refractivity contribution in [2.75, 3.05) is 28.3 Å². The van der Waals surface area contributed by atoms with Gasteiger partial charge in [-0.2, -0.15) is 0 Å². The molecule has 0 aliphatic carbocycles. The highest BCUT2D eigenvalue weighted by atomic mass is 16.6. The molecule has 0 spiro atoms. The van der Waals surface area contributed by atoms with Crippen molar-refractivity contribution >= 4 is 59.3 Å². The molecular weight excluding hydrogens is 927 g/mol. The van der Waals surface area contributed by atoms with Crippen LogP contribution in [0.4, 0.5) is 0 Å². The van der Waals surface area contributed by atoms with Crippen LogP contribution in [0.5, 0.6) is 0 Å². The zero-order valence-corrected chi connectivity index (χ0v) is 43.6. The van der Waals surface area contributed by atoms with Crippen LogP contribution in [0.15, 0.2) is 42.6 Å². The van der Waals surface area contributed by atoms with E-state index in [1.165, 1.54) is 55.9 Å². The number of carbonyl (C=O) groups excluding carboxylic acids is 10. The standard InChI is InChI=1S/C49H75N7O15/c1-17-34(58)52-35(39(59)24(2)3)47(65)70-40(25(4)5)36-46(64)56(15)38(30(11)68-16)49(67)71-41(26(6)7)37(51-31(12)57)48(66)69-33(23-32-21-19-18-20-22-32)45(63)55(14)28(9)42(60)50-27(8)44(62)54(13)29(10)43(61)53-36/h18-22,24-27,29-30,33,35-41,59H,9,17,23H2,1-8,10-16H3,(H,50,60)(H,51,57)(H,52,58)(H,53,61)/t27-,29-,30+,33+,35-,36-,37-,38-,39+,40+,41?/m0/s1. The van der Waals surface area contributed by atoms with Gasteiger partial charge in [-0.3, -0.25) is 33.6 Å². The van der Waals surface area contributed by atoms with Crippen molar-refractivity contribution in [2.24, 2.45) is 17.8 Å². The number of hydrogen-bond acceptors (Lipinski definition) is 15. The van der Waals surface area contributed by atoms with Gasteiger partial charge < -0.3 is 60.0 Å². The molecule has 396 valence electrons. The minimum absolute atomic E-state index is 0.0591. The van der Waals surface area contributed by atoms with Crippen LogP contribution in [0.1, 0.15) is 88.1 Å². The van der Waals surface area contributed by atoms with Crippen LogP contribution in [0.25, 0.3) is 0 Å². The quantitative estimate of drug-likeness (QED) is 0.0957. The lowest BCUT2D eigenvalue weighted by atomic mass is 9.95. The van der Waals surface area contributed by atoms with E-state index in [4.69, 9.17) is 18.9 Å². The van der Waals surface area contributed by atoms with E-state index in [1.54, 1.807) is 71.9 Å². The summed E-state index contributed by atoms with van der Waals surface area (Å²) in [7, 11) is 4.88. The van der Waals surface area contributed by atoms with E-state index in [2.05, 4.69) is 27.8 Å². The van der Waals surface area contributed by atoms with Gasteiger partial charge in [-0.25, -0.2) is 14.4 Å². The molecule has 0 aromatic heterocycles. The van der Waals surface area contributed by atoms with Crippen LogP contribution < -0.4 is 21.3 Å². The first kappa shape index (κ1) is 60.7. The third-order valence-electron chi connectivity index (χ3n) is 12.2. The van der Waals surface area contributed by atoms with Crippen molar-refractivity contribution in [3.05, 3.63) is 48.2 Å². The second-order valence-electron chi connectivity index (χ2n) is 18.7. The molecule has 22 nitrogen and oxygen atoms in total. The molecule has 1 unspecified atom stereocenters. The molecule has 71 heavy (non-hydrogen) atoms. The molecule has 5 N–H and O–H groups in total. The van der Waals surface area contributed by atoms with E-state index in [-0.39, 0.29) is 12.8 Å². The minimum atomic E-state index is -1.86. The Hall–Kier alpha value is -6.42. The molecule has 0 saturated carbocycles. The predicted molar refractivity (Wildman–Crippen MR) is 257 cm³/mol. The summed E-state index contributed by atoms with van der Waals surface area (Å²) in [6.07, 6.45) is -7.75. The van der Waals surface area contributed by atoms with Gasteiger partial charge in [0.25, 0.3) is 11.8 Å². The zero-order chi connectivity index (χ0) is 54.3. The number of amides is 7. The van der Waals surface area contributed by atoms with Crippen LogP contribution in [-0.2, 0) is 73.3 Å². The Bertz CT molecular complexity index is 2100. The second-order valence-corrected chi connectivity index (χ2v) is 18.7. The Morgan fingerprint density at radius 2 is 1.42 bits per heavy atom. The van der Waals surface area contributed by atoms with Gasteiger partial charge in [0.1, 0.15) is 36.0 Å². The van der Waals surface area contributed by atoms with Crippen molar-refractivity contribution in [1.29, 1.82) is 0 Å². The average molecular weight is 1000 g/mol. The molecule has 11 atom stereocenters. The lowest BCUT2D eigenvalue weighted by Crippen LogP contribution is -2.64. The SMILES string of the molecule is C=C1C(=O)N[C@@H](C)C(=O)N(C)[C@@H](C)C(=O)N[C@@H]([C@H](OC(=O)[C@@H](NC(=O)CC)[C@H](O)C(C)C)C(C)C)C(=O)N(C)[C@@H]([C@@H](C)OC)C(=O)OC(C(C)C)[C@H](NC(C)=O)C(=O)O[C@H](Cc2ccccc2)C(=O)N1C. The Morgan fingerprint density at radius 1 is 0.831 bits per heavy atom. The van der Waals surface area contributed by atoms with E-state index < -0.39 is 149 Å². The Kier molecular flexibility index (Phi) is 23.3. The number of carbonyl (C=O) groups is 10.